The molecule has 3 nitrogen and oxygen atoms in total. The molecule has 1 amide bonds. The van der Waals surface area contributed by atoms with Crippen molar-refractivity contribution in [1.29, 1.82) is 0 Å². The van der Waals surface area contributed by atoms with Crippen LogP contribution in [-0.2, 0) is 10.9 Å². The standard InChI is InChI=1S/C13H13F4NO2.ClH/c1-12(2)6-20-11(19)18-10(12)7-4-3-5-8(9(7)14)13(15,16)17;/h3-5,10H,6H2,1-2H3,(H,18,19);1H/t10-;/m1./s1. The lowest BCUT2D eigenvalue weighted by Crippen LogP contribution is -2.47. The number of benzene rings is 1. The zero-order valence-corrected chi connectivity index (χ0v) is 12.1. The molecule has 0 aliphatic carbocycles. The molecule has 1 aromatic carbocycles. The fourth-order valence-corrected chi connectivity index (χ4v) is 2.18. The maximum atomic E-state index is 14.1. The van der Waals surface area contributed by atoms with Crippen molar-refractivity contribution in [2.45, 2.75) is 26.1 Å². The number of halogens is 5. The Balaban J connectivity index is 0.00000220. The van der Waals surface area contributed by atoms with E-state index in [9.17, 15) is 22.4 Å². The van der Waals surface area contributed by atoms with Crippen molar-refractivity contribution in [1.82, 2.24) is 5.32 Å². The highest BCUT2D eigenvalue weighted by Crippen LogP contribution is 2.40. The number of nitrogens with one attached hydrogen (secondary N) is 1. The van der Waals surface area contributed by atoms with Crippen LogP contribution in [0.3, 0.4) is 0 Å². The van der Waals surface area contributed by atoms with Crippen LogP contribution in [0.2, 0.25) is 0 Å². The van der Waals surface area contributed by atoms with Crippen molar-refractivity contribution in [2.24, 2.45) is 5.41 Å². The maximum Gasteiger partial charge on any atom is 0.419 e. The van der Waals surface area contributed by atoms with Crippen LogP contribution in [0.25, 0.3) is 0 Å². The predicted octanol–water partition coefficient (Wildman–Crippen LogP) is 4.07. The number of alkyl carbamates (subject to hydrolysis) is 1. The minimum absolute atomic E-state index is 0. The van der Waals surface area contributed by atoms with Crippen molar-refractivity contribution in [2.75, 3.05) is 6.61 Å². The van der Waals surface area contributed by atoms with Crippen molar-refractivity contribution >= 4 is 18.5 Å². The Morgan fingerprint density at radius 2 is 1.95 bits per heavy atom. The van der Waals surface area contributed by atoms with Gasteiger partial charge in [-0.05, 0) is 6.07 Å². The van der Waals surface area contributed by atoms with Gasteiger partial charge in [0.1, 0.15) is 12.4 Å². The van der Waals surface area contributed by atoms with Crippen LogP contribution in [0, 0.1) is 11.2 Å². The summed E-state index contributed by atoms with van der Waals surface area (Å²) < 4.78 is 57.0. The second kappa shape index (κ2) is 5.71. The number of carbonyl (C=O) groups excluding carboxylic acids is 1. The number of ether oxygens (including phenoxy) is 1. The molecule has 1 N–H and O–H groups in total. The van der Waals surface area contributed by atoms with Crippen LogP contribution >= 0.6 is 12.4 Å². The van der Waals surface area contributed by atoms with E-state index in [-0.39, 0.29) is 24.6 Å². The van der Waals surface area contributed by atoms with Gasteiger partial charge in [0, 0.05) is 11.0 Å². The van der Waals surface area contributed by atoms with Gasteiger partial charge in [0.2, 0.25) is 0 Å². The summed E-state index contributed by atoms with van der Waals surface area (Å²) in [6, 6.07) is 2.15. The first-order valence-corrected chi connectivity index (χ1v) is 5.92. The second-order valence-electron chi connectivity index (χ2n) is 5.35. The van der Waals surface area contributed by atoms with Gasteiger partial charge in [-0.15, -0.1) is 12.4 Å². The molecule has 1 heterocycles. The van der Waals surface area contributed by atoms with Crippen LogP contribution in [-0.4, -0.2) is 12.7 Å². The molecule has 0 spiro atoms. The third-order valence-corrected chi connectivity index (χ3v) is 3.26. The first kappa shape index (κ1) is 17.6. The van der Waals surface area contributed by atoms with E-state index in [0.717, 1.165) is 6.07 Å². The summed E-state index contributed by atoms with van der Waals surface area (Å²) in [5.41, 5.74) is -2.26. The number of cyclic esters (lactones) is 1. The molecule has 0 radical (unpaired) electrons. The average molecular weight is 328 g/mol. The van der Waals surface area contributed by atoms with E-state index in [0.29, 0.717) is 6.07 Å². The molecule has 1 aliphatic heterocycles. The van der Waals surface area contributed by atoms with Crippen LogP contribution in [0.5, 0.6) is 0 Å². The number of rotatable bonds is 1. The molecule has 0 unspecified atom stereocenters. The zero-order chi connectivity index (χ0) is 15.1. The highest BCUT2D eigenvalue weighted by Gasteiger charge is 2.42. The van der Waals surface area contributed by atoms with Crippen molar-refractivity contribution in [3.63, 3.8) is 0 Å². The normalized spacial score (nSPS) is 21.0. The molecule has 1 fully saturated rings. The third kappa shape index (κ3) is 3.40. The van der Waals surface area contributed by atoms with Gasteiger partial charge in [-0.2, -0.15) is 13.2 Å². The van der Waals surface area contributed by atoms with Gasteiger partial charge in [0.05, 0.1) is 11.6 Å². The average Bonchev–Trinajstić information content (AvgIpc) is 2.31. The molecular weight excluding hydrogens is 314 g/mol. The van der Waals surface area contributed by atoms with E-state index in [2.05, 4.69) is 5.32 Å². The molecule has 1 aliphatic rings. The van der Waals surface area contributed by atoms with Crippen LogP contribution in [0.4, 0.5) is 22.4 Å². The van der Waals surface area contributed by atoms with Crippen molar-refractivity contribution < 1.29 is 27.1 Å². The molecule has 21 heavy (non-hydrogen) atoms. The highest BCUT2D eigenvalue weighted by molar-refractivity contribution is 5.85. The van der Waals surface area contributed by atoms with E-state index < -0.39 is 35.1 Å². The van der Waals surface area contributed by atoms with Crippen LogP contribution in [0.1, 0.15) is 31.0 Å². The minimum Gasteiger partial charge on any atom is -0.449 e. The first-order valence-electron chi connectivity index (χ1n) is 5.92. The van der Waals surface area contributed by atoms with E-state index in [1.165, 1.54) is 6.07 Å². The first-order chi connectivity index (χ1) is 9.13. The molecule has 1 atom stereocenters. The molecule has 0 saturated carbocycles. The molecule has 8 heteroatoms. The quantitative estimate of drug-likeness (QED) is 0.789. The SMILES string of the molecule is CC1(C)COC(=O)N[C@@H]1c1cccc(C(F)(F)F)c1F.Cl. The Bertz CT molecular complexity index is 545. The molecule has 1 aromatic rings. The smallest absolute Gasteiger partial charge is 0.419 e. The van der Waals surface area contributed by atoms with Gasteiger partial charge in [0.15, 0.2) is 0 Å². The van der Waals surface area contributed by atoms with E-state index in [1.807, 2.05) is 0 Å². The molecule has 0 aromatic heterocycles. The Morgan fingerprint density at radius 3 is 2.52 bits per heavy atom. The van der Waals surface area contributed by atoms with Crippen molar-refractivity contribution in [3.05, 3.63) is 35.1 Å². The number of alkyl halides is 3. The lowest BCUT2D eigenvalue weighted by molar-refractivity contribution is -0.140. The summed E-state index contributed by atoms with van der Waals surface area (Å²) in [5, 5.41) is 2.37. The van der Waals surface area contributed by atoms with Crippen molar-refractivity contribution in [3.8, 4) is 0 Å². The Labute approximate surface area is 125 Å². The summed E-state index contributed by atoms with van der Waals surface area (Å²) in [5.74, 6) is -1.36. The number of hydrogen-bond donors (Lipinski definition) is 1. The minimum atomic E-state index is -4.78. The number of amides is 1. The summed E-state index contributed by atoms with van der Waals surface area (Å²) in [7, 11) is 0. The largest absolute Gasteiger partial charge is 0.449 e. The van der Waals surface area contributed by atoms with Gasteiger partial charge in [-0.3, -0.25) is 0 Å². The lowest BCUT2D eigenvalue weighted by atomic mass is 9.80. The van der Waals surface area contributed by atoms with Gasteiger partial charge in [0.25, 0.3) is 0 Å². The molecule has 0 bridgehead atoms. The summed E-state index contributed by atoms with van der Waals surface area (Å²) in [4.78, 5) is 11.2. The van der Waals surface area contributed by atoms with Gasteiger partial charge < -0.3 is 10.1 Å². The highest BCUT2D eigenvalue weighted by atomic mass is 35.5. The van der Waals surface area contributed by atoms with E-state index in [1.54, 1.807) is 13.8 Å². The third-order valence-electron chi connectivity index (χ3n) is 3.26. The van der Waals surface area contributed by atoms with Gasteiger partial charge in [-0.25, -0.2) is 9.18 Å². The lowest BCUT2D eigenvalue weighted by Gasteiger charge is -2.38. The summed E-state index contributed by atoms with van der Waals surface area (Å²) >= 11 is 0. The Kier molecular flexibility index (Phi) is 4.77. The topological polar surface area (TPSA) is 38.3 Å². The van der Waals surface area contributed by atoms with Crippen LogP contribution < -0.4 is 5.32 Å². The number of hydrogen-bond acceptors (Lipinski definition) is 2. The maximum absolute atomic E-state index is 14.1. The van der Waals surface area contributed by atoms with E-state index >= 15 is 0 Å². The molecule has 1 saturated heterocycles. The second-order valence-corrected chi connectivity index (χ2v) is 5.35. The molecule has 2 rings (SSSR count). The number of carbonyl (C=O) groups is 1. The molecular formula is C13H14ClF4NO2. The summed E-state index contributed by atoms with van der Waals surface area (Å²) in [6.07, 6.45) is -5.55. The van der Waals surface area contributed by atoms with Gasteiger partial charge in [-0.1, -0.05) is 26.0 Å². The Hall–Kier alpha value is -1.50. The van der Waals surface area contributed by atoms with Crippen LogP contribution in [0.15, 0.2) is 18.2 Å². The Morgan fingerprint density at radius 1 is 1.33 bits per heavy atom. The predicted molar refractivity (Wildman–Crippen MR) is 69.7 cm³/mol. The fraction of sp³-hybridized carbons (Fsp3) is 0.462. The van der Waals surface area contributed by atoms with E-state index in [4.69, 9.17) is 4.74 Å². The fourth-order valence-electron chi connectivity index (χ4n) is 2.18. The zero-order valence-electron chi connectivity index (χ0n) is 11.3. The molecule has 118 valence electrons. The summed E-state index contributed by atoms with van der Waals surface area (Å²) in [6.45, 7) is 3.35. The monoisotopic (exact) mass is 327 g/mol. The van der Waals surface area contributed by atoms with Gasteiger partial charge >= 0.3 is 12.3 Å².